The van der Waals surface area contributed by atoms with Crippen molar-refractivity contribution in [2.75, 3.05) is 0 Å². The first kappa shape index (κ1) is 10.1. The molecule has 1 aromatic heterocycles. The first-order valence-electron chi connectivity index (χ1n) is 4.02. The summed E-state index contributed by atoms with van der Waals surface area (Å²) < 4.78 is 30.6. The normalized spacial score (nSPS) is 10.9. The van der Waals surface area contributed by atoms with Gasteiger partial charge in [0.25, 0.3) is 0 Å². The molecule has 0 amide bonds. The van der Waals surface area contributed by atoms with Crippen molar-refractivity contribution in [3.05, 3.63) is 45.8 Å². The lowest BCUT2D eigenvalue weighted by Gasteiger charge is -2.02. The highest BCUT2D eigenvalue weighted by Crippen LogP contribution is 2.22. The van der Waals surface area contributed by atoms with Crippen LogP contribution in [0.3, 0.4) is 0 Å². The van der Waals surface area contributed by atoms with Crippen LogP contribution in [0.4, 0.5) is 8.78 Å². The summed E-state index contributed by atoms with van der Waals surface area (Å²) in [4.78, 5) is 11.0. The Hall–Kier alpha value is -1.42. The summed E-state index contributed by atoms with van der Waals surface area (Å²) in [6, 6.07) is 3.91. The van der Waals surface area contributed by atoms with E-state index in [1.807, 2.05) is 0 Å². The lowest BCUT2D eigenvalue weighted by Crippen LogP contribution is -2.01. The maximum Gasteiger partial charge on any atom is 0.336 e. The number of hydrogen-bond acceptors (Lipinski definition) is 2. The van der Waals surface area contributed by atoms with E-state index in [1.165, 1.54) is 0 Å². The summed E-state index contributed by atoms with van der Waals surface area (Å²) in [5.41, 5.74) is -0.716. The summed E-state index contributed by atoms with van der Waals surface area (Å²) in [6.07, 6.45) is 0. The molecular weight excluding hydrogens is 226 g/mol. The molecule has 2 aromatic rings. The van der Waals surface area contributed by atoms with Gasteiger partial charge in [-0.25, -0.2) is 13.6 Å². The summed E-state index contributed by atoms with van der Waals surface area (Å²) in [5, 5.41) is 0.151. The number of hydrogen-bond donors (Lipinski definition) is 0. The first-order valence-corrected chi connectivity index (χ1v) is 4.55. The SMILES string of the molecule is O=c1cc(CCl)c2cc(F)[c]c(F)c2o1. The summed E-state index contributed by atoms with van der Waals surface area (Å²) in [7, 11) is 0. The third-order valence-corrected chi connectivity index (χ3v) is 2.22. The maximum atomic E-state index is 13.2. The highest BCUT2D eigenvalue weighted by Gasteiger charge is 2.11. The maximum absolute atomic E-state index is 13.2. The average Bonchev–Trinajstić information content (AvgIpc) is 2.18. The van der Waals surface area contributed by atoms with E-state index in [0.717, 1.165) is 12.1 Å². The number of benzene rings is 1. The van der Waals surface area contributed by atoms with Gasteiger partial charge in [0.1, 0.15) is 5.82 Å². The lowest BCUT2D eigenvalue weighted by molar-refractivity contribution is 0.514. The third kappa shape index (κ3) is 1.72. The van der Waals surface area contributed by atoms with Gasteiger partial charge in [-0.15, -0.1) is 11.6 Å². The van der Waals surface area contributed by atoms with Crippen molar-refractivity contribution in [2.45, 2.75) is 5.88 Å². The highest BCUT2D eigenvalue weighted by molar-refractivity contribution is 6.17. The van der Waals surface area contributed by atoms with Crippen molar-refractivity contribution in [3.63, 3.8) is 0 Å². The van der Waals surface area contributed by atoms with Crippen LogP contribution in [0.2, 0.25) is 0 Å². The molecule has 0 aliphatic rings. The monoisotopic (exact) mass is 229 g/mol. The van der Waals surface area contributed by atoms with Crippen LogP contribution in [0.15, 0.2) is 21.3 Å². The van der Waals surface area contributed by atoms with E-state index in [-0.39, 0.29) is 16.8 Å². The zero-order valence-corrected chi connectivity index (χ0v) is 8.07. The molecule has 0 bridgehead atoms. The van der Waals surface area contributed by atoms with E-state index < -0.39 is 17.3 Å². The van der Waals surface area contributed by atoms with Gasteiger partial charge in [-0.05, 0) is 11.6 Å². The van der Waals surface area contributed by atoms with Crippen LogP contribution < -0.4 is 5.63 Å². The van der Waals surface area contributed by atoms with E-state index in [1.54, 1.807) is 6.07 Å². The van der Waals surface area contributed by atoms with Gasteiger partial charge in [-0.2, -0.15) is 0 Å². The molecule has 2 nitrogen and oxygen atoms in total. The van der Waals surface area contributed by atoms with Gasteiger partial charge in [0, 0.05) is 17.3 Å². The molecule has 2 rings (SSSR count). The molecule has 0 N–H and O–H groups in total. The van der Waals surface area contributed by atoms with Crippen molar-refractivity contribution >= 4 is 22.6 Å². The molecule has 0 spiro atoms. The molecular formula is C10H4ClF2O2. The largest absolute Gasteiger partial charge is 0.420 e. The Morgan fingerprint density at radius 1 is 1.40 bits per heavy atom. The van der Waals surface area contributed by atoms with Gasteiger partial charge in [-0.1, -0.05) is 0 Å². The molecule has 1 heterocycles. The first-order chi connectivity index (χ1) is 7.11. The Labute approximate surface area is 88.1 Å². The van der Waals surface area contributed by atoms with Gasteiger partial charge in [-0.3, -0.25) is 0 Å². The van der Waals surface area contributed by atoms with Gasteiger partial charge < -0.3 is 4.42 Å². The van der Waals surface area contributed by atoms with E-state index >= 15 is 0 Å². The molecule has 0 saturated carbocycles. The topological polar surface area (TPSA) is 30.2 Å². The molecule has 0 unspecified atom stereocenters. The predicted molar refractivity (Wildman–Crippen MR) is 50.8 cm³/mol. The van der Waals surface area contributed by atoms with E-state index in [0.29, 0.717) is 5.56 Å². The Morgan fingerprint density at radius 3 is 2.80 bits per heavy atom. The second-order valence-electron chi connectivity index (χ2n) is 2.90. The van der Waals surface area contributed by atoms with E-state index in [4.69, 9.17) is 11.6 Å². The number of fused-ring (bicyclic) bond motifs is 1. The van der Waals surface area contributed by atoms with Crippen molar-refractivity contribution in [1.82, 2.24) is 0 Å². The molecule has 15 heavy (non-hydrogen) atoms. The Balaban J connectivity index is 2.96. The second-order valence-corrected chi connectivity index (χ2v) is 3.17. The molecule has 77 valence electrons. The molecule has 1 radical (unpaired) electrons. The fraction of sp³-hybridized carbons (Fsp3) is 0.100. The minimum atomic E-state index is -1.03. The number of alkyl halides is 1. The molecule has 1 aromatic carbocycles. The minimum Gasteiger partial charge on any atom is -0.420 e. The molecule has 0 atom stereocenters. The molecule has 0 aliphatic carbocycles. The summed E-state index contributed by atoms with van der Waals surface area (Å²) in [6.45, 7) is 0. The van der Waals surface area contributed by atoms with E-state index in [2.05, 4.69) is 4.42 Å². The molecule has 0 aliphatic heterocycles. The second kappa shape index (κ2) is 3.62. The van der Waals surface area contributed by atoms with Gasteiger partial charge in [0.2, 0.25) is 0 Å². The van der Waals surface area contributed by atoms with Crippen LogP contribution in [0.25, 0.3) is 11.0 Å². The highest BCUT2D eigenvalue weighted by atomic mass is 35.5. The van der Waals surface area contributed by atoms with Crippen LogP contribution in [0.5, 0.6) is 0 Å². The summed E-state index contributed by atoms with van der Waals surface area (Å²) >= 11 is 5.55. The van der Waals surface area contributed by atoms with Crippen LogP contribution in [0, 0.1) is 17.7 Å². The van der Waals surface area contributed by atoms with Gasteiger partial charge in [0.15, 0.2) is 11.4 Å². The predicted octanol–water partition coefficient (Wildman–Crippen LogP) is 2.61. The Kier molecular flexibility index (Phi) is 2.44. The van der Waals surface area contributed by atoms with E-state index in [9.17, 15) is 13.6 Å². The van der Waals surface area contributed by atoms with Gasteiger partial charge in [0.05, 0.1) is 6.07 Å². The van der Waals surface area contributed by atoms with Crippen LogP contribution >= 0.6 is 11.6 Å². The van der Waals surface area contributed by atoms with Crippen molar-refractivity contribution in [2.24, 2.45) is 0 Å². The fourth-order valence-corrected chi connectivity index (χ4v) is 1.53. The third-order valence-electron chi connectivity index (χ3n) is 1.93. The lowest BCUT2D eigenvalue weighted by atomic mass is 10.1. The Bertz CT molecular complexity index is 577. The quantitative estimate of drug-likeness (QED) is 0.556. The standard InChI is InChI=1S/C10H4ClF2O2/c11-4-5-1-9(14)15-10-7(5)2-6(12)3-8(10)13/h1-2H,4H2. The fourth-order valence-electron chi connectivity index (χ4n) is 1.31. The number of rotatable bonds is 1. The number of halogens is 3. The minimum absolute atomic E-state index is 0.0228. The van der Waals surface area contributed by atoms with Crippen LogP contribution in [-0.2, 0) is 5.88 Å². The zero-order valence-electron chi connectivity index (χ0n) is 7.31. The van der Waals surface area contributed by atoms with Crippen molar-refractivity contribution in [1.29, 1.82) is 0 Å². The molecule has 0 fully saturated rings. The summed E-state index contributed by atoms with van der Waals surface area (Å²) in [5.74, 6) is -1.92. The smallest absolute Gasteiger partial charge is 0.336 e. The van der Waals surface area contributed by atoms with Crippen molar-refractivity contribution < 1.29 is 13.2 Å². The van der Waals surface area contributed by atoms with Crippen LogP contribution in [-0.4, -0.2) is 0 Å². The van der Waals surface area contributed by atoms with Crippen LogP contribution in [0.1, 0.15) is 5.56 Å². The zero-order chi connectivity index (χ0) is 11.0. The van der Waals surface area contributed by atoms with Crippen molar-refractivity contribution in [3.8, 4) is 0 Å². The average molecular weight is 230 g/mol. The molecule has 5 heteroatoms. The molecule has 0 saturated heterocycles. The Morgan fingerprint density at radius 2 is 2.13 bits per heavy atom. The van der Waals surface area contributed by atoms with Gasteiger partial charge >= 0.3 is 5.63 Å².